The van der Waals surface area contributed by atoms with Crippen LogP contribution in [0.15, 0.2) is 22.7 Å². The Morgan fingerprint density at radius 3 is 2.50 bits per heavy atom. The Morgan fingerprint density at radius 1 is 1.17 bits per heavy atom. The summed E-state index contributed by atoms with van der Waals surface area (Å²) >= 11 is 7.65. The first-order valence-corrected chi connectivity index (χ1v) is 18.1. The molecule has 1 aromatic heterocycles. The Bertz CT molecular complexity index is 2010. The number of ketones is 3. The lowest BCUT2D eigenvalue weighted by atomic mass is 9.90. The average Bonchev–Trinajstić information content (AvgIpc) is 3.81. The third-order valence-corrected chi connectivity index (χ3v) is 11.6. The minimum atomic E-state index is -1.97. The van der Waals surface area contributed by atoms with Gasteiger partial charge in [-0.05, 0) is 32.9 Å². The highest BCUT2D eigenvalue weighted by atomic mass is 35.5. The van der Waals surface area contributed by atoms with E-state index in [1.165, 1.54) is 31.1 Å². The number of phenols is 2. The van der Waals surface area contributed by atoms with Crippen molar-refractivity contribution in [3.63, 3.8) is 0 Å². The third-order valence-electron chi connectivity index (χ3n) is 8.82. The van der Waals surface area contributed by atoms with Gasteiger partial charge in [0, 0.05) is 31.3 Å². The predicted octanol–water partition coefficient (Wildman–Crippen LogP) is 0.308. The van der Waals surface area contributed by atoms with Crippen molar-refractivity contribution in [2.75, 3.05) is 31.9 Å². The van der Waals surface area contributed by atoms with Crippen molar-refractivity contribution in [3.05, 3.63) is 33.8 Å². The number of aliphatic carboxylic acids is 1. The number of halogens is 1. The van der Waals surface area contributed by atoms with Gasteiger partial charge in [0.25, 0.3) is 11.7 Å². The first kappa shape index (κ1) is 39.7. The normalized spacial score (nSPS) is 21.0. The first-order chi connectivity index (χ1) is 25.3. The number of aromatic nitrogens is 1. The summed E-state index contributed by atoms with van der Waals surface area (Å²) in [6.45, 7) is 3.12. The number of oxime groups is 1. The van der Waals surface area contributed by atoms with E-state index in [1.54, 1.807) is 0 Å². The summed E-state index contributed by atoms with van der Waals surface area (Å²) in [7, 11) is 0. The second kappa shape index (κ2) is 15.1. The smallest absolute Gasteiger partial charge is 0.342 e. The zero-order chi connectivity index (χ0) is 39.9. The van der Waals surface area contributed by atoms with Crippen LogP contribution in [0.25, 0.3) is 0 Å². The molecule has 0 spiro atoms. The van der Waals surface area contributed by atoms with Gasteiger partial charge in [0.2, 0.25) is 16.7 Å². The minimum Gasteiger partial charge on any atom is -0.504 e. The van der Waals surface area contributed by atoms with Gasteiger partial charge < -0.3 is 36.1 Å². The maximum Gasteiger partial charge on any atom is 0.342 e. The number of carboxylic acids is 1. The summed E-state index contributed by atoms with van der Waals surface area (Å²) in [5, 5.41) is 36.8. The van der Waals surface area contributed by atoms with Crippen LogP contribution in [0.2, 0.25) is 5.02 Å². The number of hydrogen-bond donors (Lipinski definition) is 6. The number of phenolic OH excluding ortho intramolecular Hbond substituents is 2. The summed E-state index contributed by atoms with van der Waals surface area (Å²) in [6, 6.07) is 1.11. The zero-order valence-electron chi connectivity index (χ0n) is 28.7. The molecule has 5 amide bonds. The molecule has 3 saturated heterocycles. The number of β-lactam (4-membered cyclic amide) rings is 1. The lowest BCUT2D eigenvalue weighted by molar-refractivity contribution is -0.154. The maximum atomic E-state index is 13.5. The molecule has 4 heterocycles. The van der Waals surface area contributed by atoms with Gasteiger partial charge in [-0.15, -0.1) is 11.3 Å². The second-order valence-corrected chi connectivity index (χ2v) is 15.4. The molecule has 288 valence electrons. The van der Waals surface area contributed by atoms with E-state index in [0.717, 1.165) is 45.1 Å². The highest BCUT2D eigenvalue weighted by Crippen LogP contribution is 2.53. The van der Waals surface area contributed by atoms with E-state index in [9.17, 15) is 53.7 Å². The van der Waals surface area contributed by atoms with E-state index in [0.29, 0.717) is 0 Å². The number of thiazole rings is 1. The number of benzene rings is 1. The Morgan fingerprint density at radius 2 is 1.87 bits per heavy atom. The number of carboxylic acid groups (broad SMARTS) is 1. The minimum absolute atomic E-state index is 0.0604. The zero-order valence-corrected chi connectivity index (χ0v) is 31.0. The summed E-state index contributed by atoms with van der Waals surface area (Å²) in [5.74, 6) is -8.50. The number of nitrogen functional groups attached to an aromatic ring is 1. The fourth-order valence-electron chi connectivity index (χ4n) is 5.51. The predicted molar refractivity (Wildman–Crippen MR) is 189 cm³/mol. The van der Waals surface area contributed by atoms with Gasteiger partial charge in [0.1, 0.15) is 5.69 Å². The van der Waals surface area contributed by atoms with E-state index in [1.807, 2.05) is 0 Å². The number of hydrogen-bond acceptors (Lipinski definition) is 16. The third kappa shape index (κ3) is 7.48. The van der Waals surface area contributed by atoms with Crippen LogP contribution in [0, 0.1) is 5.92 Å². The van der Waals surface area contributed by atoms with Gasteiger partial charge in [-0.3, -0.25) is 39.1 Å². The van der Waals surface area contributed by atoms with Crippen molar-refractivity contribution < 1.29 is 58.5 Å². The molecule has 5 rings (SSSR count). The van der Waals surface area contributed by atoms with E-state index < -0.39 is 105 Å². The number of thioether (sulfide) groups is 1. The molecule has 0 unspecified atom stereocenters. The van der Waals surface area contributed by atoms with Gasteiger partial charge in [-0.25, -0.2) is 19.6 Å². The number of anilines is 1. The highest BCUT2D eigenvalue weighted by Gasteiger charge is 2.66. The molecule has 3 fully saturated rings. The number of nitrogens with one attached hydrogen (secondary N) is 2. The van der Waals surface area contributed by atoms with Gasteiger partial charge in [0.15, 0.2) is 39.5 Å². The molecule has 0 radical (unpaired) electrons. The van der Waals surface area contributed by atoms with Crippen molar-refractivity contribution in [2.45, 2.75) is 49.5 Å². The van der Waals surface area contributed by atoms with E-state index in [4.69, 9.17) is 22.2 Å². The summed E-state index contributed by atoms with van der Waals surface area (Å²) in [5.41, 5.74) is 6.07. The number of carbonyl (C=O) groups excluding carboxylic acids is 7. The topological polar surface area (TPSA) is 292 Å². The molecule has 23 heteroatoms. The molecular formula is C31H33ClN8O12S2. The number of nitrogens with zero attached hydrogens (tertiary/aromatic N) is 5. The number of aromatic hydroxyl groups is 2. The van der Waals surface area contributed by atoms with Gasteiger partial charge >= 0.3 is 12.0 Å². The van der Waals surface area contributed by atoms with Gasteiger partial charge in [-0.1, -0.05) is 28.5 Å². The molecule has 20 nitrogen and oxygen atoms in total. The first-order valence-electron chi connectivity index (χ1n) is 15.9. The number of carbonyl (C=O) groups is 8. The molecule has 0 saturated carbocycles. The van der Waals surface area contributed by atoms with E-state index in [-0.39, 0.29) is 42.0 Å². The molecule has 2 aromatic rings. The molecule has 0 aliphatic carbocycles. The fraction of sp³-hybridized carbons (Fsp3) is 0.419. The van der Waals surface area contributed by atoms with Crippen LogP contribution in [0.1, 0.15) is 49.7 Å². The second-order valence-electron chi connectivity index (χ2n) is 12.7. The van der Waals surface area contributed by atoms with Crippen molar-refractivity contribution in [1.82, 2.24) is 30.5 Å². The summed E-state index contributed by atoms with van der Waals surface area (Å²) in [4.78, 5) is 112. The average molecular weight is 809 g/mol. The molecule has 1 aromatic carbocycles. The monoisotopic (exact) mass is 808 g/mol. The van der Waals surface area contributed by atoms with E-state index >= 15 is 0 Å². The van der Waals surface area contributed by atoms with Crippen LogP contribution < -0.4 is 16.5 Å². The molecular weight excluding hydrogens is 776 g/mol. The molecule has 3 atom stereocenters. The molecule has 0 bridgehead atoms. The number of urea groups is 1. The van der Waals surface area contributed by atoms with Crippen LogP contribution in [0.5, 0.6) is 11.5 Å². The van der Waals surface area contributed by atoms with Crippen LogP contribution in [-0.4, -0.2) is 130 Å². The summed E-state index contributed by atoms with van der Waals surface area (Å²) in [6.07, 6.45) is -0.835. The Kier molecular flexibility index (Phi) is 11.1. The largest absolute Gasteiger partial charge is 0.504 e. The quantitative estimate of drug-likeness (QED) is 0.0352. The van der Waals surface area contributed by atoms with Crippen LogP contribution >= 0.6 is 34.7 Å². The van der Waals surface area contributed by atoms with Crippen molar-refractivity contribution in [1.29, 1.82) is 0 Å². The Labute approximate surface area is 318 Å². The Hall–Kier alpha value is -5.48. The van der Waals surface area contributed by atoms with Crippen molar-refractivity contribution >= 4 is 92.6 Å². The highest BCUT2D eigenvalue weighted by molar-refractivity contribution is 8.02. The van der Waals surface area contributed by atoms with E-state index in [2.05, 4.69) is 20.9 Å². The number of fused-ring (bicyclic) bond motifs is 1. The van der Waals surface area contributed by atoms with Crippen LogP contribution in [-0.2, 0) is 33.6 Å². The van der Waals surface area contributed by atoms with Crippen LogP contribution in [0.4, 0.5) is 9.93 Å². The van der Waals surface area contributed by atoms with Gasteiger partial charge in [-0.2, -0.15) is 0 Å². The Balaban J connectivity index is 1.19. The fourth-order valence-corrected chi connectivity index (χ4v) is 8.00. The number of Topliss-reactive ketones (excluding diaryl/α,β-unsaturated/α-hetero) is 3. The molecule has 3 aliphatic rings. The van der Waals surface area contributed by atoms with Crippen molar-refractivity contribution in [3.8, 4) is 11.5 Å². The number of rotatable bonds is 15. The molecule has 3 aliphatic heterocycles. The SMILES string of the molecule is CC(=O)C(C)(C)O/N=C(\C(=O)C[C@@H]1C(=O)N2C[C@@](C(=O)O)(N3CCN(NC(=O)CCNC(=O)C(=O)c4ccc(O)c(O)c4Cl)C3=O)S[C@H]12)c1csc(N)n1. The number of nitrogens with two attached hydrogens (primary N) is 1. The maximum absolute atomic E-state index is 13.5. The standard InChI is InChI=1S/C31H33ClN8O12S2/c1-13(41)30(2,3)52-37-21(16-11-53-28(33)35-16)18(43)10-15-25(48)38-12-31(27(49)50,54-26(15)38)39-8-9-40(29(39)51)36-19(44)6-7-34-24(47)22(45)14-4-5-17(42)23(46)20(14)32/h4-5,11,15,26,42,46H,6-10,12H2,1-3H3,(H2,33,35)(H,34,47)(H,36,44)(H,49,50)/b37-21-/t15-,26-,31-/m1/s1. The molecule has 7 N–H and O–H groups in total. The number of hydrazine groups is 1. The van der Waals surface area contributed by atoms with Gasteiger partial charge in [0.05, 0.1) is 35.0 Å². The van der Waals surface area contributed by atoms with Crippen LogP contribution in [0.3, 0.4) is 0 Å². The van der Waals surface area contributed by atoms with Crippen molar-refractivity contribution in [2.24, 2.45) is 11.1 Å². The lowest BCUT2D eigenvalue weighted by Gasteiger charge is -2.40. The molecule has 54 heavy (non-hydrogen) atoms. The lowest BCUT2D eigenvalue weighted by Crippen LogP contribution is -2.60. The summed E-state index contributed by atoms with van der Waals surface area (Å²) < 4.78 is 0. The number of amides is 5.